The molecule has 0 amide bonds. The van der Waals surface area contributed by atoms with E-state index in [-0.39, 0.29) is 16.8 Å². The highest BCUT2D eigenvalue weighted by atomic mass is 16.2. The first-order valence-electron chi connectivity index (χ1n) is 6.94. The molecule has 0 saturated heterocycles. The highest BCUT2D eigenvalue weighted by molar-refractivity contribution is 5.69. The molecule has 0 unspecified atom stereocenters. The molecule has 0 saturated carbocycles. The van der Waals surface area contributed by atoms with E-state index in [4.69, 9.17) is 0 Å². The van der Waals surface area contributed by atoms with Crippen molar-refractivity contribution in [2.45, 2.75) is 6.42 Å². The quantitative estimate of drug-likeness (QED) is 0.789. The second kappa shape index (κ2) is 5.48. The average Bonchev–Trinajstić information content (AvgIpc) is 2.96. The van der Waals surface area contributed by atoms with E-state index in [1.807, 2.05) is 42.5 Å². The number of aromatic amines is 1. The third-order valence-corrected chi connectivity index (χ3v) is 3.57. The molecule has 22 heavy (non-hydrogen) atoms. The van der Waals surface area contributed by atoms with Gasteiger partial charge < -0.3 is 4.98 Å². The second-order valence-corrected chi connectivity index (χ2v) is 5.10. The molecule has 6 nitrogen and oxygen atoms in total. The fraction of sp³-hybridized carbons (Fsp3) is 0.188. The zero-order valence-electron chi connectivity index (χ0n) is 12.4. The summed E-state index contributed by atoms with van der Waals surface area (Å²) in [5.74, 6) is 0.653. The van der Waals surface area contributed by atoms with Crippen LogP contribution < -0.4 is 11.2 Å². The van der Waals surface area contributed by atoms with Gasteiger partial charge in [-0.3, -0.25) is 13.9 Å². The first-order valence-corrected chi connectivity index (χ1v) is 6.94. The Balaban J connectivity index is 1.95. The molecule has 0 bridgehead atoms. The first-order chi connectivity index (χ1) is 10.6. The molecule has 1 N–H and O–H groups in total. The molecule has 1 aromatic carbocycles. The molecule has 2 aromatic heterocycles. The molecule has 3 aromatic rings. The molecule has 6 heteroatoms. The van der Waals surface area contributed by atoms with E-state index in [9.17, 15) is 9.59 Å². The number of nitrogens with one attached hydrogen (secondary N) is 1. The van der Waals surface area contributed by atoms with E-state index >= 15 is 0 Å². The van der Waals surface area contributed by atoms with Gasteiger partial charge in [-0.1, -0.05) is 42.5 Å². The fourth-order valence-electron chi connectivity index (χ4n) is 2.34. The number of aryl methyl sites for hydroxylation is 1. The van der Waals surface area contributed by atoms with Crippen molar-refractivity contribution in [3.63, 3.8) is 0 Å². The summed E-state index contributed by atoms with van der Waals surface area (Å²) in [7, 11) is 3.07. The van der Waals surface area contributed by atoms with Gasteiger partial charge in [-0.25, -0.2) is 9.78 Å². The predicted octanol–water partition coefficient (Wildman–Crippen LogP) is 1.22. The van der Waals surface area contributed by atoms with Gasteiger partial charge in [-0.05, 0) is 5.56 Å². The summed E-state index contributed by atoms with van der Waals surface area (Å²) >= 11 is 0. The van der Waals surface area contributed by atoms with E-state index in [1.54, 1.807) is 7.05 Å². The van der Waals surface area contributed by atoms with Crippen LogP contribution in [0.4, 0.5) is 0 Å². The van der Waals surface area contributed by atoms with Gasteiger partial charge in [0, 0.05) is 20.5 Å². The SMILES string of the molecule is Cn1c(=O)c2nc(C/C=C/c3ccccc3)[nH]c2n(C)c1=O. The van der Waals surface area contributed by atoms with Gasteiger partial charge in [0.25, 0.3) is 5.56 Å². The van der Waals surface area contributed by atoms with Crippen LogP contribution >= 0.6 is 0 Å². The Morgan fingerprint density at radius 2 is 1.86 bits per heavy atom. The molecular formula is C16H16N4O2. The Morgan fingerprint density at radius 1 is 1.14 bits per heavy atom. The van der Waals surface area contributed by atoms with Gasteiger partial charge in [0.15, 0.2) is 5.52 Å². The standard InChI is InChI=1S/C16H16N4O2/c1-19-14-13(15(21)20(2)16(19)22)17-12(18-14)10-6-9-11-7-4-3-5-8-11/h3-9H,10H2,1-2H3,(H,17,18)/b9-6+. The maximum atomic E-state index is 12.1. The van der Waals surface area contributed by atoms with Crippen LogP contribution in [0.15, 0.2) is 46.0 Å². The lowest BCUT2D eigenvalue weighted by molar-refractivity contribution is 0.708. The molecule has 0 aliphatic carbocycles. The largest absolute Gasteiger partial charge is 0.332 e. The Labute approximate surface area is 126 Å². The molecule has 0 fully saturated rings. The Hall–Kier alpha value is -2.89. The van der Waals surface area contributed by atoms with Crippen LogP contribution in [0.2, 0.25) is 0 Å². The summed E-state index contributed by atoms with van der Waals surface area (Å²) in [6.45, 7) is 0. The van der Waals surface area contributed by atoms with E-state index in [0.717, 1.165) is 10.1 Å². The lowest BCUT2D eigenvalue weighted by Gasteiger charge is -2.01. The highest BCUT2D eigenvalue weighted by Gasteiger charge is 2.12. The normalized spacial score (nSPS) is 11.5. The number of fused-ring (bicyclic) bond motifs is 1. The van der Waals surface area contributed by atoms with Gasteiger partial charge in [0.2, 0.25) is 0 Å². The fourth-order valence-corrected chi connectivity index (χ4v) is 2.34. The number of H-pyrrole nitrogens is 1. The molecule has 2 heterocycles. The van der Waals surface area contributed by atoms with Crippen molar-refractivity contribution in [1.29, 1.82) is 0 Å². The van der Waals surface area contributed by atoms with Gasteiger partial charge in [-0.2, -0.15) is 0 Å². The summed E-state index contributed by atoms with van der Waals surface area (Å²) in [6.07, 6.45) is 4.51. The molecule has 0 spiro atoms. The molecule has 112 valence electrons. The summed E-state index contributed by atoms with van der Waals surface area (Å²) in [4.78, 5) is 31.3. The van der Waals surface area contributed by atoms with E-state index < -0.39 is 0 Å². The molecule has 3 rings (SSSR count). The van der Waals surface area contributed by atoms with Crippen molar-refractivity contribution in [3.05, 3.63) is 68.6 Å². The van der Waals surface area contributed by atoms with Crippen molar-refractivity contribution in [3.8, 4) is 0 Å². The summed E-state index contributed by atoms with van der Waals surface area (Å²) in [5.41, 5.74) is 1.09. The number of nitrogens with zero attached hydrogens (tertiary/aromatic N) is 3. The van der Waals surface area contributed by atoms with Gasteiger partial charge >= 0.3 is 5.69 Å². The smallest absolute Gasteiger partial charge is 0.327 e. The number of imidazole rings is 1. The maximum absolute atomic E-state index is 12.1. The van der Waals surface area contributed by atoms with Crippen molar-refractivity contribution < 1.29 is 0 Å². The lowest BCUT2D eigenvalue weighted by Crippen LogP contribution is -2.36. The first kappa shape index (κ1) is 14.1. The highest BCUT2D eigenvalue weighted by Crippen LogP contribution is 2.07. The molecular weight excluding hydrogens is 280 g/mol. The van der Waals surface area contributed by atoms with Gasteiger partial charge in [0.05, 0.1) is 0 Å². The minimum atomic E-state index is -0.382. The zero-order chi connectivity index (χ0) is 15.7. The zero-order valence-corrected chi connectivity index (χ0v) is 12.4. The Bertz CT molecular complexity index is 961. The number of hydrogen-bond acceptors (Lipinski definition) is 3. The summed E-state index contributed by atoms with van der Waals surface area (Å²) in [5, 5.41) is 0. The predicted molar refractivity (Wildman–Crippen MR) is 85.8 cm³/mol. The lowest BCUT2D eigenvalue weighted by atomic mass is 10.2. The maximum Gasteiger partial charge on any atom is 0.332 e. The van der Waals surface area contributed by atoms with Crippen LogP contribution in [-0.4, -0.2) is 19.1 Å². The van der Waals surface area contributed by atoms with Crippen LogP contribution in [0.25, 0.3) is 17.2 Å². The number of benzene rings is 1. The van der Waals surface area contributed by atoms with Crippen molar-refractivity contribution in [2.75, 3.05) is 0 Å². The topological polar surface area (TPSA) is 72.7 Å². The summed E-state index contributed by atoms with van der Waals surface area (Å²) in [6, 6.07) is 9.93. The molecule has 0 atom stereocenters. The minimum absolute atomic E-state index is 0.285. The number of rotatable bonds is 3. The Morgan fingerprint density at radius 3 is 2.59 bits per heavy atom. The third-order valence-electron chi connectivity index (χ3n) is 3.57. The molecule has 0 radical (unpaired) electrons. The summed E-state index contributed by atoms with van der Waals surface area (Å²) < 4.78 is 2.46. The third kappa shape index (κ3) is 2.39. The number of hydrogen-bond donors (Lipinski definition) is 1. The van der Waals surface area contributed by atoms with E-state index in [1.165, 1.54) is 11.6 Å². The molecule has 0 aliphatic rings. The van der Waals surface area contributed by atoms with Crippen LogP contribution in [0.3, 0.4) is 0 Å². The van der Waals surface area contributed by atoms with Crippen LogP contribution in [-0.2, 0) is 20.5 Å². The van der Waals surface area contributed by atoms with Crippen molar-refractivity contribution >= 4 is 17.2 Å². The van der Waals surface area contributed by atoms with Crippen LogP contribution in [0.5, 0.6) is 0 Å². The van der Waals surface area contributed by atoms with Crippen molar-refractivity contribution in [1.82, 2.24) is 19.1 Å². The Kier molecular flexibility index (Phi) is 3.50. The number of allylic oxidation sites excluding steroid dienone is 1. The van der Waals surface area contributed by atoms with Crippen LogP contribution in [0.1, 0.15) is 11.4 Å². The minimum Gasteiger partial charge on any atom is -0.327 e. The second-order valence-electron chi connectivity index (χ2n) is 5.10. The van der Waals surface area contributed by atoms with E-state index in [2.05, 4.69) is 9.97 Å². The van der Waals surface area contributed by atoms with Gasteiger partial charge in [0.1, 0.15) is 11.5 Å². The van der Waals surface area contributed by atoms with E-state index in [0.29, 0.717) is 17.9 Å². The number of aromatic nitrogens is 4. The van der Waals surface area contributed by atoms with Gasteiger partial charge in [-0.15, -0.1) is 0 Å². The monoisotopic (exact) mass is 296 g/mol. The van der Waals surface area contributed by atoms with Crippen LogP contribution in [0, 0.1) is 0 Å². The van der Waals surface area contributed by atoms with Crippen molar-refractivity contribution in [2.24, 2.45) is 14.1 Å². The molecule has 0 aliphatic heterocycles. The average molecular weight is 296 g/mol.